The number of carbonyl (C=O) groups excluding carboxylic acids is 2. The van der Waals surface area contributed by atoms with Crippen molar-refractivity contribution in [1.82, 2.24) is 5.32 Å². The van der Waals surface area contributed by atoms with Gasteiger partial charge in [-0.05, 0) is 43.2 Å². The SMILES string of the molecule is Cc1cc(NCC(=O)N[C@@H](C)c2ccccc2)ccc1C(N)=O. The molecule has 0 saturated heterocycles. The third kappa shape index (κ3) is 4.57. The molecule has 1 atom stereocenters. The number of carbonyl (C=O) groups is 2. The zero-order valence-corrected chi connectivity index (χ0v) is 13.3. The first-order valence-corrected chi connectivity index (χ1v) is 7.46. The van der Waals surface area contributed by atoms with Gasteiger partial charge in [-0.25, -0.2) is 0 Å². The molecule has 0 aromatic heterocycles. The highest BCUT2D eigenvalue weighted by molar-refractivity contribution is 5.94. The van der Waals surface area contributed by atoms with Crippen LogP contribution in [-0.4, -0.2) is 18.4 Å². The molecule has 120 valence electrons. The van der Waals surface area contributed by atoms with Gasteiger partial charge in [0.15, 0.2) is 0 Å². The first-order chi connectivity index (χ1) is 11.0. The molecule has 0 unspecified atom stereocenters. The van der Waals surface area contributed by atoms with Crippen molar-refractivity contribution in [2.24, 2.45) is 5.73 Å². The number of nitrogens with one attached hydrogen (secondary N) is 2. The molecular formula is C18H21N3O2. The Hall–Kier alpha value is -2.82. The maximum atomic E-state index is 12.0. The molecule has 0 saturated carbocycles. The van der Waals surface area contributed by atoms with Crippen LogP contribution in [0.15, 0.2) is 48.5 Å². The van der Waals surface area contributed by atoms with Gasteiger partial charge in [-0.3, -0.25) is 9.59 Å². The number of rotatable bonds is 6. The van der Waals surface area contributed by atoms with Gasteiger partial charge in [-0.15, -0.1) is 0 Å². The molecule has 0 aliphatic heterocycles. The van der Waals surface area contributed by atoms with Crippen LogP contribution in [-0.2, 0) is 4.79 Å². The Bertz CT molecular complexity index is 699. The summed E-state index contributed by atoms with van der Waals surface area (Å²) in [4.78, 5) is 23.2. The number of aryl methyl sites for hydroxylation is 1. The van der Waals surface area contributed by atoms with Gasteiger partial charge >= 0.3 is 0 Å². The van der Waals surface area contributed by atoms with Crippen LogP contribution in [0.4, 0.5) is 5.69 Å². The third-order valence-electron chi connectivity index (χ3n) is 3.62. The lowest BCUT2D eigenvalue weighted by atomic mass is 10.1. The molecule has 5 nitrogen and oxygen atoms in total. The van der Waals surface area contributed by atoms with Crippen LogP contribution < -0.4 is 16.4 Å². The molecule has 4 N–H and O–H groups in total. The second kappa shape index (κ2) is 7.45. The zero-order chi connectivity index (χ0) is 16.8. The van der Waals surface area contributed by atoms with Crippen LogP contribution in [0.25, 0.3) is 0 Å². The summed E-state index contributed by atoms with van der Waals surface area (Å²) in [6.45, 7) is 3.91. The summed E-state index contributed by atoms with van der Waals surface area (Å²) in [7, 11) is 0. The number of anilines is 1. The molecule has 0 fully saturated rings. The van der Waals surface area contributed by atoms with Crippen LogP contribution in [0.5, 0.6) is 0 Å². The number of benzene rings is 2. The van der Waals surface area contributed by atoms with Crippen molar-refractivity contribution < 1.29 is 9.59 Å². The molecule has 5 heteroatoms. The summed E-state index contributed by atoms with van der Waals surface area (Å²) in [6, 6.07) is 14.9. The van der Waals surface area contributed by atoms with E-state index in [0.29, 0.717) is 5.56 Å². The van der Waals surface area contributed by atoms with Crippen molar-refractivity contribution >= 4 is 17.5 Å². The van der Waals surface area contributed by atoms with Gasteiger partial charge in [0.2, 0.25) is 11.8 Å². The van der Waals surface area contributed by atoms with E-state index in [4.69, 9.17) is 5.73 Å². The summed E-state index contributed by atoms with van der Waals surface area (Å²) in [5, 5.41) is 5.98. The molecule has 0 aliphatic carbocycles. The predicted molar refractivity (Wildman–Crippen MR) is 91.2 cm³/mol. The quantitative estimate of drug-likeness (QED) is 0.766. The standard InChI is InChI=1S/C18H21N3O2/c1-12-10-15(8-9-16(12)18(19)23)20-11-17(22)21-13(2)14-6-4-3-5-7-14/h3-10,13,20H,11H2,1-2H3,(H2,19,23)(H,21,22)/t13-/m0/s1. The fourth-order valence-corrected chi connectivity index (χ4v) is 2.35. The smallest absolute Gasteiger partial charge is 0.248 e. The average molecular weight is 311 g/mol. The Balaban J connectivity index is 1.89. The second-order valence-electron chi connectivity index (χ2n) is 5.45. The van der Waals surface area contributed by atoms with E-state index in [2.05, 4.69) is 10.6 Å². The molecule has 0 bridgehead atoms. The van der Waals surface area contributed by atoms with E-state index in [1.54, 1.807) is 18.2 Å². The van der Waals surface area contributed by atoms with E-state index in [-0.39, 0.29) is 18.5 Å². The van der Waals surface area contributed by atoms with Gasteiger partial charge in [0.25, 0.3) is 0 Å². The summed E-state index contributed by atoms with van der Waals surface area (Å²) in [5.74, 6) is -0.554. The number of hydrogen-bond acceptors (Lipinski definition) is 3. The van der Waals surface area contributed by atoms with Crippen molar-refractivity contribution in [2.45, 2.75) is 19.9 Å². The van der Waals surface area contributed by atoms with E-state index < -0.39 is 5.91 Å². The first kappa shape index (κ1) is 16.5. The van der Waals surface area contributed by atoms with E-state index in [1.807, 2.05) is 44.2 Å². The molecule has 0 aliphatic rings. The molecule has 0 spiro atoms. The van der Waals surface area contributed by atoms with Gasteiger partial charge in [0, 0.05) is 11.3 Å². The van der Waals surface area contributed by atoms with Crippen molar-refractivity contribution in [1.29, 1.82) is 0 Å². The van der Waals surface area contributed by atoms with Crippen molar-refractivity contribution in [3.8, 4) is 0 Å². The summed E-state index contributed by atoms with van der Waals surface area (Å²) >= 11 is 0. The molecule has 2 aromatic carbocycles. The highest BCUT2D eigenvalue weighted by atomic mass is 16.2. The van der Waals surface area contributed by atoms with Crippen molar-refractivity contribution in [3.63, 3.8) is 0 Å². The molecule has 0 radical (unpaired) electrons. The maximum absolute atomic E-state index is 12.0. The number of nitrogens with two attached hydrogens (primary N) is 1. The van der Waals surface area contributed by atoms with Gasteiger partial charge in [0.05, 0.1) is 12.6 Å². The predicted octanol–water partition coefficient (Wildman–Crippen LogP) is 2.38. The maximum Gasteiger partial charge on any atom is 0.248 e. The minimum atomic E-state index is -0.455. The molecule has 2 amide bonds. The van der Waals surface area contributed by atoms with Crippen LogP contribution in [0.1, 0.15) is 34.5 Å². The lowest BCUT2D eigenvalue weighted by Gasteiger charge is -2.15. The molecule has 2 rings (SSSR count). The number of primary amides is 1. The topological polar surface area (TPSA) is 84.2 Å². The fraction of sp³-hybridized carbons (Fsp3) is 0.222. The van der Waals surface area contributed by atoms with Crippen molar-refractivity contribution in [2.75, 3.05) is 11.9 Å². The lowest BCUT2D eigenvalue weighted by molar-refractivity contribution is -0.120. The van der Waals surface area contributed by atoms with Crippen LogP contribution in [0.2, 0.25) is 0 Å². The summed E-state index contributed by atoms with van der Waals surface area (Å²) in [5.41, 5.74) is 8.37. The van der Waals surface area contributed by atoms with Crippen LogP contribution >= 0.6 is 0 Å². The first-order valence-electron chi connectivity index (χ1n) is 7.46. The lowest BCUT2D eigenvalue weighted by Crippen LogP contribution is -2.32. The highest BCUT2D eigenvalue weighted by Gasteiger charge is 2.10. The van der Waals surface area contributed by atoms with Gasteiger partial charge < -0.3 is 16.4 Å². The van der Waals surface area contributed by atoms with Gasteiger partial charge in [-0.1, -0.05) is 30.3 Å². The fourth-order valence-electron chi connectivity index (χ4n) is 2.35. The Morgan fingerprint density at radius 3 is 2.43 bits per heavy atom. The molecule has 0 heterocycles. The van der Waals surface area contributed by atoms with E-state index in [0.717, 1.165) is 16.8 Å². The minimum Gasteiger partial charge on any atom is -0.376 e. The Kier molecular flexibility index (Phi) is 5.36. The Morgan fingerprint density at radius 2 is 1.83 bits per heavy atom. The number of amides is 2. The normalized spacial score (nSPS) is 11.6. The van der Waals surface area contributed by atoms with Crippen LogP contribution in [0, 0.1) is 6.92 Å². The summed E-state index contributed by atoms with van der Waals surface area (Å²) < 4.78 is 0. The molecular weight excluding hydrogens is 290 g/mol. The number of hydrogen-bond donors (Lipinski definition) is 3. The van der Waals surface area contributed by atoms with Crippen LogP contribution in [0.3, 0.4) is 0 Å². The van der Waals surface area contributed by atoms with E-state index in [9.17, 15) is 9.59 Å². The Morgan fingerprint density at radius 1 is 1.13 bits per heavy atom. The average Bonchev–Trinajstić information content (AvgIpc) is 2.53. The third-order valence-corrected chi connectivity index (χ3v) is 3.62. The highest BCUT2D eigenvalue weighted by Crippen LogP contribution is 2.15. The largest absolute Gasteiger partial charge is 0.376 e. The second-order valence-corrected chi connectivity index (χ2v) is 5.45. The van der Waals surface area contributed by atoms with E-state index in [1.165, 1.54) is 0 Å². The van der Waals surface area contributed by atoms with Crippen molar-refractivity contribution in [3.05, 3.63) is 65.2 Å². The van der Waals surface area contributed by atoms with Gasteiger partial charge in [0.1, 0.15) is 0 Å². The molecule has 23 heavy (non-hydrogen) atoms. The zero-order valence-electron chi connectivity index (χ0n) is 13.3. The molecule has 2 aromatic rings. The minimum absolute atomic E-state index is 0.0514. The van der Waals surface area contributed by atoms with E-state index >= 15 is 0 Å². The summed E-state index contributed by atoms with van der Waals surface area (Å²) in [6.07, 6.45) is 0. The monoisotopic (exact) mass is 311 g/mol. The van der Waals surface area contributed by atoms with Gasteiger partial charge in [-0.2, -0.15) is 0 Å². The Labute approximate surface area is 135 Å².